The fourth-order valence-electron chi connectivity index (χ4n) is 5.08. The summed E-state index contributed by atoms with van der Waals surface area (Å²) in [7, 11) is 0. The summed E-state index contributed by atoms with van der Waals surface area (Å²) in [6, 6.07) is 11.6. The molecule has 0 radical (unpaired) electrons. The van der Waals surface area contributed by atoms with Gasteiger partial charge in [-0.25, -0.2) is 4.79 Å². The first kappa shape index (κ1) is 23.5. The summed E-state index contributed by atoms with van der Waals surface area (Å²) in [4.78, 5) is 13.0. The summed E-state index contributed by atoms with van der Waals surface area (Å²) in [5.74, 6) is 1.30. The van der Waals surface area contributed by atoms with Crippen molar-refractivity contribution in [2.24, 2.45) is 0 Å². The highest BCUT2D eigenvalue weighted by Crippen LogP contribution is 2.42. The Morgan fingerprint density at radius 3 is 2.49 bits per heavy atom. The molecule has 35 heavy (non-hydrogen) atoms. The van der Waals surface area contributed by atoms with Crippen molar-refractivity contribution in [3.63, 3.8) is 0 Å². The second-order valence-electron chi connectivity index (χ2n) is 8.89. The van der Waals surface area contributed by atoms with E-state index in [0.717, 1.165) is 48.3 Å². The van der Waals surface area contributed by atoms with Crippen molar-refractivity contribution in [2.75, 3.05) is 0 Å². The summed E-state index contributed by atoms with van der Waals surface area (Å²) >= 11 is 6.19. The standard InChI is InChI=1S/C24H22ClF3N4O3/c25-18-8-9-20-17(10-18)12-31(23(33)34)13-21-29-30-22(32(20)21)15-6-4-14(5-7-15)16-2-1-3-19(11-16)35-24(26,27)28/h1-3,8-11,14-15H,4-7,12-13H2,(H,33,34). The second-order valence-corrected chi connectivity index (χ2v) is 9.33. The molecule has 2 aliphatic rings. The predicted octanol–water partition coefficient (Wildman–Crippen LogP) is 6.25. The molecule has 2 heterocycles. The van der Waals surface area contributed by atoms with E-state index in [1.165, 1.54) is 17.0 Å². The Kier molecular flexibility index (Phi) is 6.08. The zero-order valence-electron chi connectivity index (χ0n) is 18.5. The fourth-order valence-corrected chi connectivity index (χ4v) is 5.27. The first-order chi connectivity index (χ1) is 16.7. The third-order valence-electron chi connectivity index (χ3n) is 6.66. The molecule has 3 aromatic rings. The van der Waals surface area contributed by atoms with Gasteiger partial charge in [0.05, 0.1) is 18.8 Å². The van der Waals surface area contributed by atoms with Crippen molar-refractivity contribution in [2.45, 2.75) is 57.0 Å². The van der Waals surface area contributed by atoms with Crippen LogP contribution in [0, 0.1) is 0 Å². The SMILES string of the molecule is O=C(O)N1Cc2cc(Cl)ccc2-n2c(nnc2C2CCC(c3cccc(OC(F)(F)F)c3)CC2)C1. The van der Waals surface area contributed by atoms with Crippen molar-refractivity contribution in [1.82, 2.24) is 19.7 Å². The molecule has 2 aromatic carbocycles. The smallest absolute Gasteiger partial charge is 0.465 e. The number of hydrogen-bond acceptors (Lipinski definition) is 4. The van der Waals surface area contributed by atoms with E-state index in [2.05, 4.69) is 14.9 Å². The van der Waals surface area contributed by atoms with Crippen molar-refractivity contribution < 1.29 is 27.8 Å². The van der Waals surface area contributed by atoms with Crippen LogP contribution in [0.15, 0.2) is 42.5 Å². The van der Waals surface area contributed by atoms with Crippen LogP contribution < -0.4 is 4.74 Å². The zero-order valence-corrected chi connectivity index (χ0v) is 19.3. The molecule has 1 N–H and O–H groups in total. The molecular formula is C24H22ClF3N4O3. The minimum absolute atomic E-state index is 0.0852. The largest absolute Gasteiger partial charge is 0.573 e. The molecule has 0 saturated heterocycles. The average molecular weight is 507 g/mol. The highest BCUT2D eigenvalue weighted by Gasteiger charge is 2.33. The number of nitrogens with zero attached hydrogens (tertiary/aromatic N) is 4. The van der Waals surface area contributed by atoms with Crippen LogP contribution in [-0.4, -0.2) is 37.2 Å². The fraction of sp³-hybridized carbons (Fsp3) is 0.375. The first-order valence-corrected chi connectivity index (χ1v) is 11.6. The number of amides is 1. The summed E-state index contributed by atoms with van der Waals surface area (Å²) in [6.45, 7) is 0.299. The lowest BCUT2D eigenvalue weighted by molar-refractivity contribution is -0.274. The van der Waals surface area contributed by atoms with Crippen LogP contribution in [0.2, 0.25) is 5.02 Å². The normalized spacial score (nSPS) is 20.1. The third kappa shape index (κ3) is 4.93. The van der Waals surface area contributed by atoms with E-state index in [1.807, 2.05) is 16.7 Å². The van der Waals surface area contributed by atoms with Crippen LogP contribution in [0.25, 0.3) is 5.69 Å². The van der Waals surface area contributed by atoms with E-state index in [-0.39, 0.29) is 30.7 Å². The molecule has 0 unspecified atom stereocenters. The number of benzene rings is 2. The zero-order chi connectivity index (χ0) is 24.7. The summed E-state index contributed by atoms with van der Waals surface area (Å²) in [5, 5.41) is 18.9. The van der Waals surface area contributed by atoms with Gasteiger partial charge in [-0.1, -0.05) is 23.7 Å². The van der Waals surface area contributed by atoms with Crippen LogP contribution in [0.1, 0.15) is 60.3 Å². The monoisotopic (exact) mass is 506 g/mol. The lowest BCUT2D eigenvalue weighted by Gasteiger charge is -2.29. The lowest BCUT2D eigenvalue weighted by atomic mass is 9.78. The van der Waals surface area contributed by atoms with Crippen LogP contribution >= 0.6 is 11.6 Å². The molecule has 1 amide bonds. The van der Waals surface area contributed by atoms with Gasteiger partial charge in [-0.05, 0) is 73.1 Å². The maximum Gasteiger partial charge on any atom is 0.573 e. The van der Waals surface area contributed by atoms with E-state index in [0.29, 0.717) is 10.8 Å². The summed E-state index contributed by atoms with van der Waals surface area (Å²) in [5.41, 5.74) is 2.41. The van der Waals surface area contributed by atoms with E-state index < -0.39 is 12.5 Å². The molecule has 184 valence electrons. The number of rotatable bonds is 3. The van der Waals surface area contributed by atoms with Crippen LogP contribution in [-0.2, 0) is 13.1 Å². The predicted molar refractivity (Wildman–Crippen MR) is 121 cm³/mol. The number of hydrogen-bond donors (Lipinski definition) is 1. The van der Waals surface area contributed by atoms with E-state index in [4.69, 9.17) is 11.6 Å². The molecule has 1 aliphatic heterocycles. The van der Waals surface area contributed by atoms with Gasteiger partial charge in [-0.3, -0.25) is 9.47 Å². The third-order valence-corrected chi connectivity index (χ3v) is 6.89. The lowest BCUT2D eigenvalue weighted by Crippen LogP contribution is -2.27. The van der Waals surface area contributed by atoms with Gasteiger partial charge in [-0.15, -0.1) is 23.4 Å². The highest BCUT2D eigenvalue weighted by molar-refractivity contribution is 6.30. The Labute approximate surface area is 204 Å². The van der Waals surface area contributed by atoms with Crippen LogP contribution in [0.4, 0.5) is 18.0 Å². The number of halogens is 4. The number of fused-ring (bicyclic) bond motifs is 3. The molecular weight excluding hydrogens is 485 g/mol. The Balaban J connectivity index is 1.39. The highest BCUT2D eigenvalue weighted by atomic mass is 35.5. The van der Waals surface area contributed by atoms with E-state index in [9.17, 15) is 23.1 Å². The summed E-state index contributed by atoms with van der Waals surface area (Å²) in [6.07, 6.45) is -2.67. The van der Waals surface area contributed by atoms with Crippen molar-refractivity contribution in [3.8, 4) is 11.4 Å². The van der Waals surface area contributed by atoms with Gasteiger partial charge in [0.2, 0.25) is 0 Å². The molecule has 0 bridgehead atoms. The maximum atomic E-state index is 12.6. The van der Waals surface area contributed by atoms with Crippen molar-refractivity contribution >= 4 is 17.7 Å². The number of ether oxygens (including phenoxy) is 1. The molecule has 1 fully saturated rings. The Morgan fingerprint density at radius 2 is 1.77 bits per heavy atom. The average Bonchev–Trinajstić information content (AvgIpc) is 3.14. The molecule has 11 heteroatoms. The van der Waals surface area contributed by atoms with E-state index in [1.54, 1.807) is 18.2 Å². The number of alkyl halides is 3. The van der Waals surface area contributed by atoms with Gasteiger partial charge < -0.3 is 9.84 Å². The Bertz CT molecular complexity index is 1260. The van der Waals surface area contributed by atoms with Crippen LogP contribution in [0.3, 0.4) is 0 Å². The van der Waals surface area contributed by atoms with Crippen molar-refractivity contribution in [3.05, 3.63) is 70.3 Å². The van der Waals surface area contributed by atoms with E-state index >= 15 is 0 Å². The van der Waals surface area contributed by atoms with Gasteiger partial charge in [0, 0.05) is 10.9 Å². The molecule has 5 rings (SSSR count). The summed E-state index contributed by atoms with van der Waals surface area (Å²) < 4.78 is 43.8. The van der Waals surface area contributed by atoms with Gasteiger partial charge >= 0.3 is 12.5 Å². The molecule has 0 spiro atoms. The van der Waals surface area contributed by atoms with Crippen LogP contribution in [0.5, 0.6) is 5.75 Å². The first-order valence-electron chi connectivity index (χ1n) is 11.2. The molecule has 1 aromatic heterocycles. The molecule has 1 saturated carbocycles. The van der Waals surface area contributed by atoms with Gasteiger partial charge in [0.15, 0.2) is 5.82 Å². The Hall–Kier alpha value is -3.27. The minimum atomic E-state index is -4.72. The maximum absolute atomic E-state index is 12.6. The van der Waals surface area contributed by atoms with Crippen molar-refractivity contribution in [1.29, 1.82) is 0 Å². The molecule has 7 nitrogen and oxygen atoms in total. The molecule has 1 aliphatic carbocycles. The Morgan fingerprint density at radius 1 is 1.03 bits per heavy atom. The molecule has 0 atom stereocenters. The second kappa shape index (κ2) is 9.07. The number of carboxylic acid groups (broad SMARTS) is 1. The van der Waals surface area contributed by atoms with Gasteiger partial charge in [-0.2, -0.15) is 0 Å². The van der Waals surface area contributed by atoms with Gasteiger partial charge in [0.1, 0.15) is 11.6 Å². The number of aromatic nitrogens is 3. The minimum Gasteiger partial charge on any atom is -0.465 e. The number of carbonyl (C=O) groups is 1. The quantitative estimate of drug-likeness (QED) is 0.454. The topological polar surface area (TPSA) is 80.5 Å². The van der Waals surface area contributed by atoms with Gasteiger partial charge in [0.25, 0.3) is 0 Å².